The van der Waals surface area contributed by atoms with E-state index < -0.39 is 0 Å². The molecule has 1 aromatic carbocycles. The van der Waals surface area contributed by atoms with Crippen molar-refractivity contribution >= 4 is 23.4 Å². The summed E-state index contributed by atoms with van der Waals surface area (Å²) in [5.74, 6) is 0.189. The lowest BCUT2D eigenvalue weighted by Crippen LogP contribution is -2.02. The number of carbonyl (C=O) groups is 1. The Hall–Kier alpha value is -2.02. The van der Waals surface area contributed by atoms with Crippen LogP contribution in [0.2, 0.25) is 0 Å². The van der Waals surface area contributed by atoms with Crippen LogP contribution in [0.15, 0.2) is 33.9 Å². The topological polar surface area (TPSA) is 91.2 Å². The van der Waals surface area contributed by atoms with Crippen molar-refractivity contribution in [3.63, 3.8) is 0 Å². The van der Waals surface area contributed by atoms with Gasteiger partial charge in [-0.2, -0.15) is 0 Å². The average molecular weight is 265 g/mol. The lowest BCUT2D eigenvalue weighted by Gasteiger charge is -1.96. The number of carbonyl (C=O) groups excluding carboxylic acids is 1. The van der Waals surface area contributed by atoms with Crippen molar-refractivity contribution in [1.29, 1.82) is 0 Å². The van der Waals surface area contributed by atoms with Crippen molar-refractivity contribution in [1.82, 2.24) is 10.2 Å². The van der Waals surface area contributed by atoms with Gasteiger partial charge in [-0.3, -0.25) is 4.79 Å². The standard InChI is InChI=1S/C11H11N3O3S/c1-16-9(15)6-18-11-14-13-10(17-11)7-2-4-8(12)5-3-7/h2-5H,6,12H2,1H3. The molecule has 7 heteroatoms. The maximum absolute atomic E-state index is 11.0. The van der Waals surface area contributed by atoms with Crippen molar-refractivity contribution < 1.29 is 13.9 Å². The third-order valence-corrected chi connectivity index (χ3v) is 2.90. The van der Waals surface area contributed by atoms with E-state index in [1.54, 1.807) is 24.3 Å². The number of esters is 1. The third kappa shape index (κ3) is 3.01. The van der Waals surface area contributed by atoms with E-state index >= 15 is 0 Å². The van der Waals surface area contributed by atoms with Crippen molar-refractivity contribution in [2.24, 2.45) is 0 Å². The van der Waals surface area contributed by atoms with E-state index in [2.05, 4.69) is 14.9 Å². The smallest absolute Gasteiger partial charge is 0.316 e. The number of aromatic nitrogens is 2. The number of hydrogen-bond donors (Lipinski definition) is 1. The van der Waals surface area contributed by atoms with Gasteiger partial charge in [-0.25, -0.2) is 0 Å². The van der Waals surface area contributed by atoms with Gasteiger partial charge in [0.1, 0.15) is 5.75 Å². The number of rotatable bonds is 4. The summed E-state index contributed by atoms with van der Waals surface area (Å²) in [5, 5.41) is 8.04. The molecule has 1 aromatic heterocycles. The van der Waals surface area contributed by atoms with Gasteiger partial charge in [0.25, 0.3) is 5.22 Å². The summed E-state index contributed by atoms with van der Waals surface area (Å²) < 4.78 is 9.91. The van der Waals surface area contributed by atoms with Gasteiger partial charge in [-0.05, 0) is 24.3 Å². The predicted molar refractivity (Wildman–Crippen MR) is 66.9 cm³/mol. The highest BCUT2D eigenvalue weighted by atomic mass is 32.2. The van der Waals surface area contributed by atoms with E-state index in [9.17, 15) is 4.79 Å². The van der Waals surface area contributed by atoms with Crippen LogP contribution in [0, 0.1) is 0 Å². The zero-order valence-corrected chi connectivity index (χ0v) is 10.4. The van der Waals surface area contributed by atoms with E-state index in [0.29, 0.717) is 16.8 Å². The van der Waals surface area contributed by atoms with Gasteiger partial charge in [0.15, 0.2) is 0 Å². The Bertz CT molecular complexity index is 539. The van der Waals surface area contributed by atoms with E-state index in [0.717, 1.165) is 17.3 Å². The molecule has 0 aliphatic rings. The number of benzene rings is 1. The summed E-state index contributed by atoms with van der Waals surface area (Å²) in [6, 6.07) is 7.08. The molecule has 6 nitrogen and oxygen atoms in total. The molecule has 0 radical (unpaired) electrons. The molecule has 0 atom stereocenters. The Morgan fingerprint density at radius 3 is 2.78 bits per heavy atom. The van der Waals surface area contributed by atoms with Crippen LogP contribution in [-0.4, -0.2) is 29.0 Å². The molecular formula is C11H11N3O3S. The summed E-state index contributed by atoms with van der Waals surface area (Å²) in [7, 11) is 1.33. The monoisotopic (exact) mass is 265 g/mol. The van der Waals surface area contributed by atoms with Crippen molar-refractivity contribution in [2.45, 2.75) is 5.22 Å². The van der Waals surface area contributed by atoms with Crippen molar-refractivity contribution in [2.75, 3.05) is 18.6 Å². The summed E-state index contributed by atoms with van der Waals surface area (Å²) in [4.78, 5) is 11.0. The molecule has 0 fully saturated rings. The van der Waals surface area contributed by atoms with Crippen molar-refractivity contribution in [3.05, 3.63) is 24.3 Å². The second kappa shape index (κ2) is 5.54. The number of nitrogens with zero attached hydrogens (tertiary/aromatic N) is 2. The summed E-state index contributed by atoms with van der Waals surface area (Å²) in [6.45, 7) is 0. The van der Waals surface area contributed by atoms with Crippen molar-refractivity contribution in [3.8, 4) is 11.5 Å². The number of ether oxygens (including phenoxy) is 1. The molecule has 2 N–H and O–H groups in total. The molecule has 2 rings (SSSR count). The first-order valence-corrected chi connectivity index (χ1v) is 6.06. The lowest BCUT2D eigenvalue weighted by molar-refractivity contribution is -0.137. The minimum Gasteiger partial charge on any atom is -0.468 e. The van der Waals surface area contributed by atoms with Crippen LogP contribution in [-0.2, 0) is 9.53 Å². The van der Waals surface area contributed by atoms with E-state index in [4.69, 9.17) is 10.2 Å². The minimum atomic E-state index is -0.341. The second-order valence-corrected chi connectivity index (χ2v) is 4.29. The van der Waals surface area contributed by atoms with Crippen LogP contribution < -0.4 is 5.73 Å². The molecule has 0 spiro atoms. The molecule has 1 heterocycles. The van der Waals surface area contributed by atoms with Gasteiger partial charge in [0.05, 0.1) is 7.11 Å². The highest BCUT2D eigenvalue weighted by Crippen LogP contribution is 2.23. The second-order valence-electron chi connectivity index (χ2n) is 3.36. The van der Waals surface area contributed by atoms with Gasteiger partial charge in [0, 0.05) is 11.3 Å². The first-order valence-electron chi connectivity index (χ1n) is 5.08. The van der Waals surface area contributed by atoms with Gasteiger partial charge in [-0.1, -0.05) is 11.8 Å². The molecule has 18 heavy (non-hydrogen) atoms. The molecule has 0 aliphatic carbocycles. The fourth-order valence-electron chi connectivity index (χ4n) is 1.19. The lowest BCUT2D eigenvalue weighted by atomic mass is 10.2. The molecule has 0 amide bonds. The van der Waals surface area contributed by atoms with Crippen LogP contribution in [0.4, 0.5) is 5.69 Å². The first-order chi connectivity index (χ1) is 8.69. The molecule has 0 saturated carbocycles. The number of hydrogen-bond acceptors (Lipinski definition) is 7. The molecule has 94 valence electrons. The highest BCUT2D eigenvalue weighted by Gasteiger charge is 2.10. The molecular weight excluding hydrogens is 254 g/mol. The van der Waals surface area contributed by atoms with E-state index in [1.807, 2.05) is 0 Å². The Morgan fingerprint density at radius 2 is 2.11 bits per heavy atom. The molecule has 0 saturated heterocycles. The van der Waals surface area contributed by atoms with Gasteiger partial charge < -0.3 is 14.9 Å². The molecule has 0 bridgehead atoms. The summed E-state index contributed by atoms with van der Waals surface area (Å²) in [6.07, 6.45) is 0. The molecule has 0 unspecified atom stereocenters. The Morgan fingerprint density at radius 1 is 1.39 bits per heavy atom. The normalized spacial score (nSPS) is 10.3. The summed E-state index contributed by atoms with van der Waals surface area (Å²) >= 11 is 1.13. The number of nitrogen functional groups attached to an aromatic ring is 1. The summed E-state index contributed by atoms with van der Waals surface area (Å²) in [5.41, 5.74) is 7.03. The predicted octanol–water partition coefficient (Wildman–Crippen LogP) is 1.58. The maximum Gasteiger partial charge on any atom is 0.316 e. The fourth-order valence-corrected chi connectivity index (χ4v) is 1.79. The Balaban J connectivity index is 2.06. The number of nitrogens with two attached hydrogens (primary N) is 1. The SMILES string of the molecule is COC(=O)CSc1nnc(-c2ccc(N)cc2)o1. The van der Waals surface area contributed by atoms with Gasteiger partial charge >= 0.3 is 5.97 Å². The first kappa shape index (κ1) is 12.4. The van der Waals surface area contributed by atoms with Gasteiger partial charge in [0.2, 0.25) is 5.89 Å². The molecule has 0 aliphatic heterocycles. The number of anilines is 1. The maximum atomic E-state index is 11.0. The Kier molecular flexibility index (Phi) is 3.83. The Labute approximate surface area is 108 Å². The molecule has 2 aromatic rings. The average Bonchev–Trinajstić information content (AvgIpc) is 2.85. The van der Waals surface area contributed by atoms with Gasteiger partial charge in [-0.15, -0.1) is 10.2 Å². The van der Waals surface area contributed by atoms with Crippen LogP contribution in [0.25, 0.3) is 11.5 Å². The zero-order chi connectivity index (χ0) is 13.0. The van der Waals surface area contributed by atoms with Crippen LogP contribution in [0.3, 0.4) is 0 Å². The minimum absolute atomic E-state index is 0.139. The highest BCUT2D eigenvalue weighted by molar-refractivity contribution is 7.99. The van der Waals surface area contributed by atoms with Crippen LogP contribution in [0.5, 0.6) is 0 Å². The quantitative estimate of drug-likeness (QED) is 0.509. The fraction of sp³-hybridized carbons (Fsp3) is 0.182. The number of methoxy groups -OCH3 is 1. The zero-order valence-electron chi connectivity index (χ0n) is 9.62. The van der Waals surface area contributed by atoms with Crippen LogP contribution in [0.1, 0.15) is 0 Å². The number of thioether (sulfide) groups is 1. The third-order valence-electron chi connectivity index (χ3n) is 2.11. The van der Waals surface area contributed by atoms with Crippen LogP contribution >= 0.6 is 11.8 Å². The van der Waals surface area contributed by atoms with E-state index in [-0.39, 0.29) is 11.7 Å². The largest absolute Gasteiger partial charge is 0.468 e. The van der Waals surface area contributed by atoms with E-state index in [1.165, 1.54) is 7.11 Å².